The van der Waals surface area contributed by atoms with Gasteiger partial charge >= 0.3 is 0 Å². The molecule has 1 aromatic carbocycles. The second-order valence-corrected chi connectivity index (χ2v) is 6.32. The summed E-state index contributed by atoms with van der Waals surface area (Å²) in [6.45, 7) is 6.09. The number of thioether (sulfide) groups is 1. The van der Waals surface area contributed by atoms with Crippen LogP contribution in [0.1, 0.15) is 26.7 Å². The molecule has 0 saturated carbocycles. The molecule has 0 amide bonds. The molecule has 0 radical (unpaired) electrons. The van der Waals surface area contributed by atoms with E-state index >= 15 is 0 Å². The zero-order valence-corrected chi connectivity index (χ0v) is 12.5. The molecule has 0 aromatic heterocycles. The Kier molecular flexibility index (Phi) is 5.09. The van der Waals surface area contributed by atoms with Gasteiger partial charge in [-0.1, -0.05) is 25.1 Å². The number of unbranched alkanes of at least 4 members (excludes halogenated alkanes) is 1. The van der Waals surface area contributed by atoms with Gasteiger partial charge < -0.3 is 9.64 Å². The molecule has 1 aliphatic rings. The van der Waals surface area contributed by atoms with Crippen molar-refractivity contribution in [3.8, 4) is 5.75 Å². The molecule has 1 atom stereocenters. The van der Waals surface area contributed by atoms with Gasteiger partial charge in [0.05, 0.1) is 12.3 Å². The average Bonchev–Trinajstić information content (AvgIpc) is 2.76. The van der Waals surface area contributed by atoms with Gasteiger partial charge in [0, 0.05) is 17.5 Å². The molecule has 0 bridgehead atoms. The summed E-state index contributed by atoms with van der Waals surface area (Å²) < 4.78 is 6.05. The molecule has 0 saturated heterocycles. The Morgan fingerprint density at radius 3 is 2.94 bits per heavy atom. The van der Waals surface area contributed by atoms with Crippen molar-refractivity contribution in [2.24, 2.45) is 5.14 Å². The van der Waals surface area contributed by atoms with E-state index in [9.17, 15) is 0 Å². The van der Waals surface area contributed by atoms with Gasteiger partial charge in [0.2, 0.25) is 0 Å². The van der Waals surface area contributed by atoms with Gasteiger partial charge in [-0.2, -0.15) is 0 Å². The van der Waals surface area contributed by atoms with Gasteiger partial charge in [-0.25, -0.2) is 0 Å². The highest BCUT2D eigenvalue weighted by molar-refractivity contribution is 8.16. The molecule has 0 spiro atoms. The number of nitrogens with zero attached hydrogens (tertiary/aromatic N) is 1. The van der Waals surface area contributed by atoms with E-state index in [1.165, 1.54) is 22.5 Å². The van der Waals surface area contributed by atoms with E-state index in [1.54, 1.807) is 0 Å². The van der Waals surface area contributed by atoms with Crippen LogP contribution in [0, 0.1) is 0 Å². The molecule has 1 heterocycles. The van der Waals surface area contributed by atoms with Crippen molar-refractivity contribution in [1.82, 2.24) is 0 Å². The number of hydrogen-bond acceptors (Lipinski definition) is 5. The van der Waals surface area contributed by atoms with Crippen LogP contribution in [-0.4, -0.2) is 17.9 Å². The van der Waals surface area contributed by atoms with Crippen LogP contribution in [-0.2, 0) is 0 Å². The Morgan fingerprint density at radius 2 is 2.28 bits per heavy atom. The minimum Gasteiger partial charge on any atom is -0.494 e. The molecule has 18 heavy (non-hydrogen) atoms. The van der Waals surface area contributed by atoms with E-state index in [1.807, 2.05) is 11.8 Å². The van der Waals surface area contributed by atoms with Crippen molar-refractivity contribution in [3.63, 3.8) is 0 Å². The largest absolute Gasteiger partial charge is 0.494 e. The third-order valence-electron chi connectivity index (χ3n) is 2.95. The SMILES string of the molecule is CCCCOc1ccc2c(c1)N(CC)C(SN)S2. The maximum atomic E-state index is 5.76. The predicted molar refractivity (Wildman–Crippen MR) is 81.3 cm³/mol. The normalized spacial score (nSPS) is 17.9. The van der Waals surface area contributed by atoms with Crippen LogP contribution < -0.4 is 14.8 Å². The molecular weight excluding hydrogens is 264 g/mol. The fourth-order valence-corrected chi connectivity index (χ4v) is 3.95. The lowest BCUT2D eigenvalue weighted by Gasteiger charge is -2.22. The maximum Gasteiger partial charge on any atom is 0.140 e. The van der Waals surface area contributed by atoms with Gasteiger partial charge in [0.25, 0.3) is 0 Å². The van der Waals surface area contributed by atoms with Crippen molar-refractivity contribution in [1.29, 1.82) is 0 Å². The number of nitrogens with two attached hydrogens (primary N) is 1. The monoisotopic (exact) mass is 284 g/mol. The zero-order valence-electron chi connectivity index (χ0n) is 10.9. The van der Waals surface area contributed by atoms with Gasteiger partial charge in [-0.05, 0) is 37.4 Å². The second kappa shape index (κ2) is 6.59. The Balaban J connectivity index is 2.12. The highest BCUT2D eigenvalue weighted by Crippen LogP contribution is 2.47. The van der Waals surface area contributed by atoms with Crippen molar-refractivity contribution in [2.75, 3.05) is 18.1 Å². The average molecular weight is 284 g/mol. The van der Waals surface area contributed by atoms with Crippen LogP contribution in [0.2, 0.25) is 0 Å². The summed E-state index contributed by atoms with van der Waals surface area (Å²) in [6.07, 6.45) is 2.26. The van der Waals surface area contributed by atoms with E-state index in [4.69, 9.17) is 9.88 Å². The van der Waals surface area contributed by atoms with E-state index in [-0.39, 0.29) is 4.71 Å². The molecule has 0 aliphatic carbocycles. The minimum atomic E-state index is 0.288. The number of benzene rings is 1. The first-order chi connectivity index (χ1) is 8.80. The fraction of sp³-hybridized carbons (Fsp3) is 0.538. The molecular formula is C13H20N2OS2. The van der Waals surface area contributed by atoms with E-state index < -0.39 is 0 Å². The van der Waals surface area contributed by atoms with Gasteiger partial charge in [-0.15, -0.1) is 0 Å². The lowest BCUT2D eigenvalue weighted by Crippen LogP contribution is -2.27. The van der Waals surface area contributed by atoms with Crippen LogP contribution in [0.4, 0.5) is 5.69 Å². The van der Waals surface area contributed by atoms with Crippen LogP contribution >= 0.6 is 23.7 Å². The zero-order chi connectivity index (χ0) is 13.0. The molecule has 2 N–H and O–H groups in total. The summed E-state index contributed by atoms with van der Waals surface area (Å²) in [5.41, 5.74) is 1.25. The lowest BCUT2D eigenvalue weighted by molar-refractivity contribution is 0.309. The third kappa shape index (κ3) is 2.90. The Hall–Kier alpha value is -0.520. The fourth-order valence-electron chi connectivity index (χ4n) is 1.95. The molecule has 1 aromatic rings. The van der Waals surface area contributed by atoms with E-state index in [0.717, 1.165) is 31.7 Å². The van der Waals surface area contributed by atoms with Gasteiger partial charge in [-0.3, -0.25) is 5.14 Å². The highest BCUT2D eigenvalue weighted by Gasteiger charge is 2.29. The summed E-state index contributed by atoms with van der Waals surface area (Å²) in [5, 5.41) is 5.74. The van der Waals surface area contributed by atoms with Crippen LogP contribution in [0.15, 0.2) is 23.1 Å². The van der Waals surface area contributed by atoms with Gasteiger partial charge in [0.15, 0.2) is 0 Å². The molecule has 1 unspecified atom stereocenters. The molecule has 2 rings (SSSR count). The Bertz CT molecular complexity index is 401. The van der Waals surface area contributed by atoms with Crippen molar-refractivity contribution >= 4 is 29.4 Å². The number of fused-ring (bicyclic) bond motifs is 1. The van der Waals surface area contributed by atoms with E-state index in [2.05, 4.69) is 36.9 Å². The first-order valence-corrected chi connectivity index (χ1v) is 8.18. The third-order valence-corrected chi connectivity index (χ3v) is 5.11. The van der Waals surface area contributed by atoms with Crippen molar-refractivity contribution < 1.29 is 4.74 Å². The minimum absolute atomic E-state index is 0.288. The number of anilines is 1. The first-order valence-electron chi connectivity index (χ1n) is 6.35. The van der Waals surface area contributed by atoms with Crippen LogP contribution in [0.5, 0.6) is 5.75 Å². The molecule has 100 valence electrons. The molecule has 5 heteroatoms. The Morgan fingerprint density at radius 1 is 1.44 bits per heavy atom. The molecule has 0 fully saturated rings. The summed E-state index contributed by atoms with van der Waals surface area (Å²) >= 11 is 3.21. The molecule has 1 aliphatic heterocycles. The maximum absolute atomic E-state index is 5.76. The lowest BCUT2D eigenvalue weighted by atomic mass is 10.2. The number of hydrogen-bond donors (Lipinski definition) is 1. The summed E-state index contributed by atoms with van der Waals surface area (Å²) in [5.74, 6) is 0.962. The van der Waals surface area contributed by atoms with E-state index in [0.29, 0.717) is 0 Å². The van der Waals surface area contributed by atoms with Crippen molar-refractivity contribution in [2.45, 2.75) is 36.3 Å². The summed E-state index contributed by atoms with van der Waals surface area (Å²) in [6, 6.07) is 6.33. The predicted octanol–water partition coefficient (Wildman–Crippen LogP) is 3.69. The quantitative estimate of drug-likeness (QED) is 0.637. The second-order valence-electron chi connectivity index (χ2n) is 4.18. The standard InChI is InChI=1S/C13H20N2OS2/c1-3-5-8-16-10-6-7-12-11(9-10)15(4-2)13(17-12)18-14/h6-7,9,13H,3-5,8,14H2,1-2H3. The van der Waals surface area contributed by atoms with Crippen LogP contribution in [0.3, 0.4) is 0 Å². The number of ether oxygens (including phenoxy) is 1. The summed E-state index contributed by atoms with van der Waals surface area (Å²) in [4.78, 5) is 3.61. The Labute approximate surface area is 118 Å². The van der Waals surface area contributed by atoms with Crippen molar-refractivity contribution in [3.05, 3.63) is 18.2 Å². The van der Waals surface area contributed by atoms with Crippen LogP contribution in [0.25, 0.3) is 0 Å². The smallest absolute Gasteiger partial charge is 0.140 e. The molecule has 3 nitrogen and oxygen atoms in total. The van der Waals surface area contributed by atoms with Gasteiger partial charge in [0.1, 0.15) is 10.5 Å². The highest BCUT2D eigenvalue weighted by atomic mass is 32.2. The number of rotatable bonds is 6. The summed E-state index contributed by atoms with van der Waals surface area (Å²) in [7, 11) is 0. The first kappa shape index (κ1) is 13.9. The topological polar surface area (TPSA) is 38.5 Å².